The Hall–Kier alpha value is -0.710. The molecule has 0 radical (unpaired) electrons. The average Bonchev–Trinajstić information content (AvgIpc) is 2.91. The Morgan fingerprint density at radius 2 is 2.14 bits per heavy atom. The molecule has 3 aliphatic rings. The predicted molar refractivity (Wildman–Crippen MR) is 83.2 cm³/mol. The van der Waals surface area contributed by atoms with Crippen molar-refractivity contribution in [2.45, 2.75) is 70.8 Å². The van der Waals surface area contributed by atoms with Gasteiger partial charge in [0.15, 0.2) is 0 Å². The molecule has 3 rings (SSSR count). The van der Waals surface area contributed by atoms with Crippen LogP contribution in [0.3, 0.4) is 0 Å². The summed E-state index contributed by atoms with van der Waals surface area (Å²) < 4.78 is 5.61. The molecule has 5 atom stereocenters. The molecule has 0 aromatic carbocycles. The molecule has 0 spiro atoms. The van der Waals surface area contributed by atoms with Crippen LogP contribution in [0.4, 0.5) is 4.79 Å². The van der Waals surface area contributed by atoms with Crippen molar-refractivity contribution in [2.24, 2.45) is 16.7 Å². The third-order valence-corrected chi connectivity index (χ3v) is 7.14. The highest BCUT2D eigenvalue weighted by Crippen LogP contribution is 2.68. The lowest BCUT2D eigenvalue weighted by molar-refractivity contribution is -0.131. The number of carbonyl (C=O) groups is 2. The van der Waals surface area contributed by atoms with Crippen LogP contribution in [0, 0.1) is 16.7 Å². The zero-order chi connectivity index (χ0) is 15.6. The van der Waals surface area contributed by atoms with Crippen LogP contribution in [0.2, 0.25) is 0 Å². The predicted octanol–water partition coefficient (Wildman–Crippen LogP) is 3.26. The van der Waals surface area contributed by atoms with E-state index in [1.54, 1.807) is 0 Å². The maximum Gasteiger partial charge on any atom is 0.417 e. The van der Waals surface area contributed by atoms with Crippen LogP contribution in [0.25, 0.3) is 0 Å². The Labute approximate surface area is 132 Å². The minimum atomic E-state index is -0.444. The number of imide groups is 1. The zero-order valence-corrected chi connectivity index (χ0v) is 14.2. The lowest BCUT2D eigenvalue weighted by atomic mass is 9.69. The number of hydrogen-bond acceptors (Lipinski definition) is 4. The summed E-state index contributed by atoms with van der Waals surface area (Å²) in [5.74, 6) is 0.242. The largest absolute Gasteiger partial charge is 0.443 e. The molecule has 2 aliphatic carbocycles. The van der Waals surface area contributed by atoms with Gasteiger partial charge in [0.2, 0.25) is 5.91 Å². The van der Waals surface area contributed by atoms with Gasteiger partial charge in [0, 0.05) is 17.6 Å². The Balaban J connectivity index is 1.90. The summed E-state index contributed by atoms with van der Waals surface area (Å²) in [6.45, 7) is 8.73. The average molecular weight is 311 g/mol. The van der Waals surface area contributed by atoms with Gasteiger partial charge in [-0.3, -0.25) is 4.79 Å². The maximum absolute atomic E-state index is 12.6. The van der Waals surface area contributed by atoms with Crippen molar-refractivity contribution < 1.29 is 14.3 Å². The van der Waals surface area contributed by atoms with Gasteiger partial charge in [0.1, 0.15) is 6.10 Å². The van der Waals surface area contributed by atoms with Crippen LogP contribution >= 0.6 is 12.6 Å². The molecule has 4 nitrogen and oxygen atoms in total. The number of thiol groups is 1. The van der Waals surface area contributed by atoms with Gasteiger partial charge in [-0.05, 0) is 30.1 Å². The highest BCUT2D eigenvalue weighted by molar-refractivity contribution is 7.81. The maximum atomic E-state index is 12.6. The zero-order valence-electron chi connectivity index (χ0n) is 13.3. The summed E-state index contributed by atoms with van der Waals surface area (Å²) in [7, 11) is 0. The summed E-state index contributed by atoms with van der Waals surface area (Å²) in [4.78, 5) is 26.2. The molecule has 1 aliphatic heterocycles. The fourth-order valence-corrected chi connectivity index (χ4v) is 4.97. The van der Waals surface area contributed by atoms with Crippen molar-refractivity contribution in [3.05, 3.63) is 0 Å². The number of hydrogen-bond donors (Lipinski definition) is 1. The van der Waals surface area contributed by atoms with E-state index in [-0.39, 0.29) is 34.1 Å². The number of amides is 2. The second kappa shape index (κ2) is 4.64. The van der Waals surface area contributed by atoms with E-state index in [1.165, 1.54) is 4.90 Å². The van der Waals surface area contributed by atoms with Gasteiger partial charge in [-0.1, -0.05) is 27.7 Å². The molecule has 0 aromatic rings. The molecule has 2 bridgehead atoms. The Morgan fingerprint density at radius 3 is 2.76 bits per heavy atom. The molecule has 1 unspecified atom stereocenters. The Morgan fingerprint density at radius 1 is 1.48 bits per heavy atom. The van der Waals surface area contributed by atoms with Gasteiger partial charge in [0.05, 0.1) is 6.04 Å². The fourth-order valence-electron chi connectivity index (χ4n) is 4.81. The first-order valence-electron chi connectivity index (χ1n) is 7.94. The molecule has 118 valence electrons. The van der Waals surface area contributed by atoms with E-state index in [0.29, 0.717) is 12.3 Å². The van der Waals surface area contributed by atoms with Gasteiger partial charge < -0.3 is 4.74 Å². The topological polar surface area (TPSA) is 46.6 Å². The van der Waals surface area contributed by atoms with E-state index in [4.69, 9.17) is 4.74 Å². The summed E-state index contributed by atoms with van der Waals surface area (Å²) in [5.41, 5.74) is 0.0646. The van der Waals surface area contributed by atoms with E-state index < -0.39 is 6.09 Å². The number of ether oxygens (including phenoxy) is 1. The highest BCUT2D eigenvalue weighted by Gasteiger charge is 2.72. The summed E-state index contributed by atoms with van der Waals surface area (Å²) >= 11 is 4.40. The van der Waals surface area contributed by atoms with Gasteiger partial charge >= 0.3 is 6.09 Å². The van der Waals surface area contributed by atoms with Crippen LogP contribution < -0.4 is 0 Å². The van der Waals surface area contributed by atoms with Crippen LogP contribution in [-0.4, -0.2) is 34.3 Å². The number of nitrogens with zero attached hydrogens (tertiary/aromatic N) is 1. The molecule has 2 saturated carbocycles. The molecule has 3 fully saturated rings. The van der Waals surface area contributed by atoms with E-state index in [0.717, 1.165) is 19.3 Å². The molecule has 0 aromatic heterocycles. The summed E-state index contributed by atoms with van der Waals surface area (Å²) in [6.07, 6.45) is 2.71. The molecule has 21 heavy (non-hydrogen) atoms. The number of fused-ring (bicyclic) bond motifs is 5. The fraction of sp³-hybridized carbons (Fsp3) is 0.875. The first-order chi connectivity index (χ1) is 9.74. The minimum Gasteiger partial charge on any atom is -0.443 e. The second-order valence-corrected chi connectivity index (χ2v) is 8.34. The van der Waals surface area contributed by atoms with Gasteiger partial charge in [-0.15, -0.1) is 0 Å². The Bertz CT molecular complexity index is 492. The Kier molecular flexibility index (Phi) is 3.36. The third kappa shape index (κ3) is 1.82. The van der Waals surface area contributed by atoms with Gasteiger partial charge in [-0.25, -0.2) is 9.69 Å². The van der Waals surface area contributed by atoms with Crippen molar-refractivity contribution in [1.82, 2.24) is 4.90 Å². The second-order valence-electron chi connectivity index (χ2n) is 7.61. The molecule has 1 saturated heterocycles. The third-order valence-electron chi connectivity index (χ3n) is 6.60. The summed E-state index contributed by atoms with van der Waals surface area (Å²) in [5, 5.41) is 0.00348. The van der Waals surface area contributed by atoms with E-state index in [1.807, 2.05) is 6.92 Å². The first-order valence-corrected chi connectivity index (χ1v) is 8.46. The van der Waals surface area contributed by atoms with E-state index in [2.05, 4.69) is 33.4 Å². The van der Waals surface area contributed by atoms with Crippen molar-refractivity contribution in [2.75, 3.05) is 0 Å². The number of carbonyl (C=O) groups excluding carboxylic acids is 2. The van der Waals surface area contributed by atoms with Crippen molar-refractivity contribution in [1.29, 1.82) is 0 Å². The molecule has 2 amide bonds. The molecule has 0 N–H and O–H groups in total. The lowest BCUT2D eigenvalue weighted by Crippen LogP contribution is -2.50. The van der Waals surface area contributed by atoms with Crippen molar-refractivity contribution in [3.63, 3.8) is 0 Å². The summed E-state index contributed by atoms with van der Waals surface area (Å²) in [6, 6.07) is -0.0939. The lowest BCUT2D eigenvalue weighted by Gasteiger charge is -2.40. The van der Waals surface area contributed by atoms with Crippen LogP contribution in [0.15, 0.2) is 0 Å². The van der Waals surface area contributed by atoms with E-state index in [9.17, 15) is 9.59 Å². The van der Waals surface area contributed by atoms with Crippen LogP contribution in [0.1, 0.15) is 53.4 Å². The van der Waals surface area contributed by atoms with Gasteiger partial charge in [0.25, 0.3) is 0 Å². The smallest absolute Gasteiger partial charge is 0.417 e. The molecule has 1 heterocycles. The van der Waals surface area contributed by atoms with E-state index >= 15 is 0 Å². The molecular weight excluding hydrogens is 286 g/mol. The van der Waals surface area contributed by atoms with Crippen LogP contribution in [-0.2, 0) is 9.53 Å². The standard InChI is InChI=1S/C16H25NO3S/c1-5-9(21)8-11(18)17-13-12(20-14(17)19)10-6-7-16(13,4)15(10,2)3/h9-10,12-13,21H,5-8H2,1-4H3/t9-,10?,12-,13-,16+/m1/s1. The minimum absolute atomic E-state index is 0.00348. The number of rotatable bonds is 3. The SMILES string of the molecule is CC[C@@H](S)CC(=O)N1C(=O)O[C@@H]2C3CC[C@@](C)([C@@H]21)C3(C)C. The normalized spacial score (nSPS) is 41.1. The van der Waals surface area contributed by atoms with Crippen molar-refractivity contribution in [3.8, 4) is 0 Å². The van der Waals surface area contributed by atoms with Gasteiger partial charge in [-0.2, -0.15) is 12.6 Å². The molecule has 5 heteroatoms. The quantitative estimate of drug-likeness (QED) is 0.814. The monoisotopic (exact) mass is 311 g/mol. The first kappa shape index (κ1) is 15.2. The van der Waals surface area contributed by atoms with Crippen LogP contribution in [0.5, 0.6) is 0 Å². The van der Waals surface area contributed by atoms with Crippen molar-refractivity contribution >= 4 is 24.6 Å². The molecular formula is C16H25NO3S. The highest BCUT2D eigenvalue weighted by atomic mass is 32.1.